The maximum absolute atomic E-state index is 3.55. The minimum absolute atomic E-state index is 0.164. The summed E-state index contributed by atoms with van der Waals surface area (Å²) in [6.45, 7) is 2.14. The van der Waals surface area contributed by atoms with Gasteiger partial charge in [-0.15, -0.1) is 11.8 Å². The summed E-state index contributed by atoms with van der Waals surface area (Å²) >= 11 is 8.86. The fourth-order valence-corrected chi connectivity index (χ4v) is 2.45. The Bertz CT molecular complexity index is 120. The van der Waals surface area contributed by atoms with E-state index >= 15 is 0 Å². The maximum Gasteiger partial charge on any atom is 0.0826 e. The highest BCUT2D eigenvalue weighted by Crippen LogP contribution is 2.42. The van der Waals surface area contributed by atoms with Gasteiger partial charge in [0.2, 0.25) is 0 Å². The third-order valence-electron chi connectivity index (χ3n) is 1.04. The SMILES string of the molecule is CC1(Br)C=CSC1Br. The van der Waals surface area contributed by atoms with Crippen molar-refractivity contribution in [1.29, 1.82) is 0 Å². The zero-order valence-corrected chi connectivity index (χ0v) is 8.38. The normalized spacial score (nSPS) is 45.6. The van der Waals surface area contributed by atoms with E-state index in [9.17, 15) is 0 Å². The molecule has 0 saturated heterocycles. The van der Waals surface area contributed by atoms with Crippen molar-refractivity contribution < 1.29 is 0 Å². The lowest BCUT2D eigenvalue weighted by Crippen LogP contribution is -2.17. The Morgan fingerprint density at radius 1 is 1.75 bits per heavy atom. The first kappa shape index (κ1) is 7.16. The number of hydrogen-bond acceptors (Lipinski definition) is 1. The second-order valence-electron chi connectivity index (χ2n) is 1.91. The average Bonchev–Trinajstić information content (AvgIpc) is 1.86. The van der Waals surface area contributed by atoms with Gasteiger partial charge in [-0.25, -0.2) is 0 Å². The minimum Gasteiger partial charge on any atom is -0.118 e. The number of alkyl halides is 2. The second-order valence-corrected chi connectivity index (χ2v) is 6.15. The summed E-state index contributed by atoms with van der Waals surface area (Å²) in [5, 5.41) is 2.11. The van der Waals surface area contributed by atoms with Crippen LogP contribution in [-0.4, -0.2) is 8.48 Å². The number of thioether (sulfide) groups is 1. The maximum atomic E-state index is 3.55. The van der Waals surface area contributed by atoms with Gasteiger partial charge in [0.25, 0.3) is 0 Å². The first-order valence-corrected chi connectivity index (χ1v) is 4.94. The minimum atomic E-state index is 0.164. The predicted molar refractivity (Wildman–Crippen MR) is 46.8 cm³/mol. The molecule has 0 nitrogen and oxygen atoms in total. The Labute approximate surface area is 70.4 Å². The van der Waals surface area contributed by atoms with E-state index in [1.807, 2.05) is 0 Å². The largest absolute Gasteiger partial charge is 0.118 e. The lowest BCUT2D eigenvalue weighted by atomic mass is 10.2. The lowest BCUT2D eigenvalue weighted by Gasteiger charge is -2.16. The Morgan fingerprint density at radius 3 is 2.50 bits per heavy atom. The molecule has 0 aliphatic carbocycles. The third-order valence-corrected chi connectivity index (χ3v) is 5.30. The molecule has 0 fully saturated rings. The third kappa shape index (κ3) is 1.31. The van der Waals surface area contributed by atoms with E-state index in [0.29, 0.717) is 4.16 Å². The van der Waals surface area contributed by atoms with Gasteiger partial charge < -0.3 is 0 Å². The van der Waals surface area contributed by atoms with Crippen molar-refractivity contribution in [3.05, 3.63) is 11.5 Å². The van der Waals surface area contributed by atoms with E-state index in [4.69, 9.17) is 0 Å². The van der Waals surface area contributed by atoms with Crippen LogP contribution in [0.2, 0.25) is 0 Å². The van der Waals surface area contributed by atoms with Crippen LogP contribution in [0.15, 0.2) is 11.5 Å². The first-order valence-electron chi connectivity index (χ1n) is 2.29. The average molecular weight is 258 g/mol. The topological polar surface area (TPSA) is 0 Å². The fourth-order valence-electron chi connectivity index (χ4n) is 0.450. The highest BCUT2D eigenvalue weighted by molar-refractivity contribution is 9.14. The number of hydrogen-bond donors (Lipinski definition) is 0. The van der Waals surface area contributed by atoms with Crippen LogP contribution in [0, 0.1) is 0 Å². The molecule has 8 heavy (non-hydrogen) atoms. The molecule has 3 heteroatoms. The molecule has 1 rings (SSSR count). The van der Waals surface area contributed by atoms with E-state index in [2.05, 4.69) is 50.3 Å². The van der Waals surface area contributed by atoms with Gasteiger partial charge in [-0.05, 0) is 12.3 Å². The van der Waals surface area contributed by atoms with Gasteiger partial charge in [0.1, 0.15) is 0 Å². The van der Waals surface area contributed by atoms with Crippen LogP contribution in [-0.2, 0) is 0 Å². The van der Waals surface area contributed by atoms with Gasteiger partial charge in [-0.2, -0.15) is 0 Å². The zero-order valence-electron chi connectivity index (χ0n) is 4.40. The molecular formula is C5H6Br2S. The van der Waals surface area contributed by atoms with Gasteiger partial charge in [0.15, 0.2) is 0 Å². The van der Waals surface area contributed by atoms with Crippen molar-refractivity contribution in [3.63, 3.8) is 0 Å². The van der Waals surface area contributed by atoms with Gasteiger partial charge in [0, 0.05) is 0 Å². The molecule has 46 valence electrons. The van der Waals surface area contributed by atoms with Gasteiger partial charge in [0.05, 0.1) is 8.48 Å². The smallest absolute Gasteiger partial charge is 0.0826 e. The molecule has 0 radical (unpaired) electrons. The Kier molecular flexibility index (Phi) is 2.10. The summed E-state index contributed by atoms with van der Waals surface area (Å²) in [5.74, 6) is 0. The van der Waals surface area contributed by atoms with Crippen molar-refractivity contribution in [2.75, 3.05) is 0 Å². The summed E-state index contributed by atoms with van der Waals surface area (Å²) in [6.07, 6.45) is 2.15. The Hall–Kier alpha value is 1.05. The fraction of sp³-hybridized carbons (Fsp3) is 0.600. The molecule has 0 N–H and O–H groups in total. The summed E-state index contributed by atoms with van der Waals surface area (Å²) in [5.41, 5.74) is 0. The molecule has 1 aliphatic rings. The summed E-state index contributed by atoms with van der Waals surface area (Å²) in [7, 11) is 0. The van der Waals surface area contributed by atoms with Crippen LogP contribution in [0.1, 0.15) is 6.92 Å². The van der Waals surface area contributed by atoms with Gasteiger partial charge >= 0.3 is 0 Å². The zero-order chi connectivity index (χ0) is 6.20. The molecule has 2 unspecified atom stereocenters. The molecule has 0 aromatic heterocycles. The van der Waals surface area contributed by atoms with Crippen LogP contribution >= 0.6 is 43.6 Å². The molecule has 1 heterocycles. The van der Waals surface area contributed by atoms with Crippen molar-refractivity contribution >= 4 is 43.6 Å². The highest BCUT2D eigenvalue weighted by Gasteiger charge is 2.30. The first-order chi connectivity index (χ1) is 3.63. The predicted octanol–water partition coefficient (Wildman–Crippen LogP) is 3.12. The molecular weight excluding hydrogens is 252 g/mol. The molecule has 0 saturated carbocycles. The summed E-state index contributed by atoms with van der Waals surface area (Å²) in [6, 6.07) is 0. The van der Waals surface area contributed by atoms with E-state index in [-0.39, 0.29) is 4.32 Å². The van der Waals surface area contributed by atoms with Gasteiger partial charge in [-0.3, -0.25) is 0 Å². The number of halogens is 2. The lowest BCUT2D eigenvalue weighted by molar-refractivity contribution is 0.923. The van der Waals surface area contributed by atoms with E-state index in [0.717, 1.165) is 0 Å². The van der Waals surface area contributed by atoms with Crippen LogP contribution in [0.5, 0.6) is 0 Å². The Balaban J connectivity index is 2.67. The van der Waals surface area contributed by atoms with E-state index in [1.54, 1.807) is 11.8 Å². The quantitative estimate of drug-likeness (QED) is 0.601. The number of allylic oxidation sites excluding steroid dienone is 1. The second kappa shape index (κ2) is 2.35. The molecule has 2 atom stereocenters. The van der Waals surface area contributed by atoms with Crippen molar-refractivity contribution in [1.82, 2.24) is 0 Å². The molecule has 0 spiro atoms. The van der Waals surface area contributed by atoms with Crippen molar-refractivity contribution in [3.8, 4) is 0 Å². The standard InChI is InChI=1S/C5H6Br2S/c1-5(7)2-3-8-4(5)6/h2-4H,1H3. The molecule has 1 aliphatic heterocycles. The molecule has 0 amide bonds. The molecule has 0 aromatic carbocycles. The van der Waals surface area contributed by atoms with Crippen LogP contribution in [0.25, 0.3) is 0 Å². The van der Waals surface area contributed by atoms with E-state index in [1.165, 1.54) is 0 Å². The van der Waals surface area contributed by atoms with Crippen LogP contribution in [0.3, 0.4) is 0 Å². The van der Waals surface area contributed by atoms with Gasteiger partial charge in [-0.1, -0.05) is 37.9 Å². The van der Waals surface area contributed by atoms with Crippen LogP contribution in [0.4, 0.5) is 0 Å². The van der Waals surface area contributed by atoms with Crippen molar-refractivity contribution in [2.45, 2.75) is 15.4 Å². The van der Waals surface area contributed by atoms with Crippen molar-refractivity contribution in [2.24, 2.45) is 0 Å². The summed E-state index contributed by atoms with van der Waals surface area (Å²) < 4.78 is 0.660. The Morgan fingerprint density at radius 2 is 2.38 bits per heavy atom. The van der Waals surface area contributed by atoms with Crippen LogP contribution < -0.4 is 0 Å². The van der Waals surface area contributed by atoms with E-state index < -0.39 is 0 Å². The monoisotopic (exact) mass is 256 g/mol. The summed E-state index contributed by atoms with van der Waals surface area (Å²) in [4.78, 5) is 0. The number of rotatable bonds is 0. The highest BCUT2D eigenvalue weighted by atomic mass is 79.9. The molecule has 0 aromatic rings. The molecule has 0 bridgehead atoms.